The zero-order chi connectivity index (χ0) is 14.9. The number of fused-ring (bicyclic) bond motifs is 1. The minimum Gasteiger partial charge on any atom is -1.00 e. The highest BCUT2D eigenvalue weighted by Gasteiger charge is 2.47. The average molecular weight is 354 g/mol. The van der Waals surface area contributed by atoms with Crippen molar-refractivity contribution in [3.8, 4) is 0 Å². The molecule has 0 saturated carbocycles. The van der Waals surface area contributed by atoms with Crippen molar-refractivity contribution < 1.29 is 31.5 Å². The van der Waals surface area contributed by atoms with Crippen molar-refractivity contribution in [2.75, 3.05) is 0 Å². The summed E-state index contributed by atoms with van der Waals surface area (Å²) in [6.45, 7) is 8.49. The second-order valence-electron chi connectivity index (χ2n) is 6.09. The molecule has 1 aromatic carbocycles. The molecule has 0 spiro atoms. The van der Waals surface area contributed by atoms with Crippen molar-refractivity contribution in [2.24, 2.45) is 0 Å². The number of aliphatic carboxylic acids is 1. The van der Waals surface area contributed by atoms with Crippen LogP contribution in [0.15, 0.2) is 24.3 Å². The van der Waals surface area contributed by atoms with E-state index in [0.29, 0.717) is 6.42 Å². The number of rotatable bonds is 5. The van der Waals surface area contributed by atoms with E-state index in [9.17, 15) is 9.90 Å². The molecule has 1 unspecified atom stereocenters. The van der Waals surface area contributed by atoms with E-state index in [-0.39, 0.29) is 22.4 Å². The average Bonchev–Trinajstić information content (AvgIpc) is 2.60. The third-order valence-electron chi connectivity index (χ3n) is 4.53. The van der Waals surface area contributed by atoms with Crippen LogP contribution in [0.2, 0.25) is 0 Å². The Labute approximate surface area is 137 Å². The molecule has 21 heavy (non-hydrogen) atoms. The second-order valence-corrected chi connectivity index (χ2v) is 6.09. The van der Waals surface area contributed by atoms with E-state index < -0.39 is 12.0 Å². The lowest BCUT2D eigenvalue weighted by Crippen LogP contribution is -3.00. The molecular weight excluding hydrogens is 330 g/mol. The lowest BCUT2D eigenvalue weighted by atomic mass is 9.82. The normalized spacial score (nSPS) is 17.1. The van der Waals surface area contributed by atoms with Crippen molar-refractivity contribution in [1.29, 1.82) is 0 Å². The van der Waals surface area contributed by atoms with Gasteiger partial charge < -0.3 is 22.1 Å². The summed E-state index contributed by atoms with van der Waals surface area (Å²) in [6, 6.07) is 7.70. The standard InChI is InChI=1S/C17H23NO2.BrH/c1-5-6-10-15(16(19)20)18-12(2)17(3,4)13-9-7-8-11-14(13)18;/h7-9,11,15H,5-6,10H2,1-4H3;1H. The van der Waals surface area contributed by atoms with E-state index >= 15 is 0 Å². The highest BCUT2D eigenvalue weighted by Crippen LogP contribution is 2.40. The van der Waals surface area contributed by atoms with Crippen LogP contribution in [-0.2, 0) is 10.2 Å². The summed E-state index contributed by atoms with van der Waals surface area (Å²) in [5.74, 6) is -0.731. The molecule has 3 nitrogen and oxygen atoms in total. The van der Waals surface area contributed by atoms with Crippen molar-refractivity contribution in [2.45, 2.75) is 58.4 Å². The van der Waals surface area contributed by atoms with Crippen LogP contribution in [0.5, 0.6) is 0 Å². The number of benzene rings is 1. The van der Waals surface area contributed by atoms with Crippen molar-refractivity contribution in [1.82, 2.24) is 0 Å². The van der Waals surface area contributed by atoms with E-state index in [1.807, 2.05) is 22.8 Å². The van der Waals surface area contributed by atoms with Gasteiger partial charge in [-0.1, -0.05) is 31.5 Å². The molecule has 0 radical (unpaired) electrons. The fourth-order valence-corrected chi connectivity index (χ4v) is 3.05. The van der Waals surface area contributed by atoms with Crippen LogP contribution < -0.4 is 17.0 Å². The zero-order valence-corrected chi connectivity index (χ0v) is 14.8. The SMILES string of the molecule is CCCCC(C(=O)O)[N+]1=C(C)C(C)(C)c2ccccc21.[Br-]. The first-order chi connectivity index (χ1) is 9.41. The maximum Gasteiger partial charge on any atom is 0.373 e. The number of para-hydroxylation sites is 1. The van der Waals surface area contributed by atoms with Crippen LogP contribution in [0.25, 0.3) is 0 Å². The summed E-state index contributed by atoms with van der Waals surface area (Å²) < 4.78 is 2.04. The lowest BCUT2D eigenvalue weighted by Gasteiger charge is -2.15. The van der Waals surface area contributed by atoms with Gasteiger partial charge in [-0.05, 0) is 20.3 Å². The quantitative estimate of drug-likeness (QED) is 0.792. The Hall–Kier alpha value is -1.16. The van der Waals surface area contributed by atoms with Crippen LogP contribution in [0.3, 0.4) is 0 Å². The van der Waals surface area contributed by atoms with Crippen molar-refractivity contribution in [3.05, 3.63) is 29.8 Å². The number of halogens is 1. The van der Waals surface area contributed by atoms with E-state index in [2.05, 4.69) is 33.8 Å². The third kappa shape index (κ3) is 3.05. The van der Waals surface area contributed by atoms with Crippen LogP contribution in [0.1, 0.15) is 52.5 Å². The molecule has 0 amide bonds. The molecule has 0 saturated heterocycles. The van der Waals surface area contributed by atoms with Gasteiger partial charge in [-0.15, -0.1) is 0 Å². The van der Waals surface area contributed by atoms with E-state index in [1.165, 1.54) is 5.56 Å². The zero-order valence-electron chi connectivity index (χ0n) is 13.2. The van der Waals surface area contributed by atoms with Crippen molar-refractivity contribution >= 4 is 17.4 Å². The summed E-state index contributed by atoms with van der Waals surface area (Å²) in [5.41, 5.74) is 3.30. The summed E-state index contributed by atoms with van der Waals surface area (Å²) in [5, 5.41) is 9.62. The molecule has 4 heteroatoms. The first-order valence-electron chi connectivity index (χ1n) is 7.36. The van der Waals surface area contributed by atoms with Gasteiger partial charge in [0.25, 0.3) is 6.04 Å². The highest BCUT2D eigenvalue weighted by molar-refractivity contribution is 5.94. The maximum absolute atomic E-state index is 11.7. The Balaban J connectivity index is 0.00000220. The number of carboxylic acids is 1. The second kappa shape index (κ2) is 6.73. The number of carboxylic acid groups (broad SMARTS) is 1. The molecule has 0 fully saturated rings. The maximum atomic E-state index is 11.7. The summed E-state index contributed by atoms with van der Waals surface area (Å²) in [7, 11) is 0. The summed E-state index contributed by atoms with van der Waals surface area (Å²) in [4.78, 5) is 11.7. The molecule has 1 N–H and O–H groups in total. The number of hydrogen-bond donors (Lipinski definition) is 1. The molecule has 116 valence electrons. The number of unbranched alkanes of at least 4 members (excludes halogenated alkanes) is 1. The highest BCUT2D eigenvalue weighted by atomic mass is 79.9. The van der Waals surface area contributed by atoms with E-state index in [4.69, 9.17) is 0 Å². The largest absolute Gasteiger partial charge is 1.00 e. The van der Waals surface area contributed by atoms with Gasteiger partial charge in [0.05, 0.1) is 5.41 Å². The van der Waals surface area contributed by atoms with Crippen molar-refractivity contribution in [3.63, 3.8) is 0 Å². The fraction of sp³-hybridized carbons (Fsp3) is 0.529. The topological polar surface area (TPSA) is 40.3 Å². The molecule has 0 bridgehead atoms. The van der Waals surface area contributed by atoms with Gasteiger partial charge in [0, 0.05) is 25.0 Å². The number of nitrogens with zero attached hydrogens (tertiary/aromatic N) is 1. The third-order valence-corrected chi connectivity index (χ3v) is 4.53. The Morgan fingerprint density at radius 2 is 1.95 bits per heavy atom. The van der Waals surface area contributed by atoms with Gasteiger partial charge in [-0.25, -0.2) is 4.79 Å². The predicted octanol–water partition coefficient (Wildman–Crippen LogP) is 0.730. The van der Waals surface area contributed by atoms with E-state index in [1.54, 1.807) is 0 Å². The summed E-state index contributed by atoms with van der Waals surface area (Å²) >= 11 is 0. The number of carbonyl (C=O) groups is 1. The van der Waals surface area contributed by atoms with E-state index in [0.717, 1.165) is 24.2 Å². The summed E-state index contributed by atoms with van der Waals surface area (Å²) in [6.07, 6.45) is 2.64. The fourth-order valence-electron chi connectivity index (χ4n) is 3.05. The Morgan fingerprint density at radius 3 is 2.52 bits per heavy atom. The van der Waals surface area contributed by atoms with Crippen LogP contribution >= 0.6 is 0 Å². The molecule has 1 aliphatic heterocycles. The first-order valence-corrected chi connectivity index (χ1v) is 7.36. The van der Waals surface area contributed by atoms with Crippen LogP contribution in [-0.4, -0.2) is 27.4 Å². The minimum atomic E-state index is -0.731. The predicted molar refractivity (Wildman–Crippen MR) is 81.0 cm³/mol. The van der Waals surface area contributed by atoms with Gasteiger partial charge in [0.15, 0.2) is 5.71 Å². The Bertz CT molecular complexity index is 564. The van der Waals surface area contributed by atoms with Gasteiger partial charge in [-0.2, -0.15) is 4.58 Å². The van der Waals surface area contributed by atoms with Crippen LogP contribution in [0.4, 0.5) is 5.69 Å². The molecular formula is C17H24BrNO2. The smallest absolute Gasteiger partial charge is 0.373 e. The monoisotopic (exact) mass is 353 g/mol. The minimum absolute atomic E-state index is 0. The Morgan fingerprint density at radius 1 is 1.33 bits per heavy atom. The molecule has 2 rings (SSSR count). The molecule has 1 aliphatic rings. The van der Waals surface area contributed by atoms with Gasteiger partial charge in [0.2, 0.25) is 5.69 Å². The molecule has 1 heterocycles. The van der Waals surface area contributed by atoms with Gasteiger partial charge >= 0.3 is 5.97 Å². The van der Waals surface area contributed by atoms with Crippen LogP contribution in [0, 0.1) is 0 Å². The van der Waals surface area contributed by atoms with Gasteiger partial charge in [0.1, 0.15) is 0 Å². The molecule has 1 atom stereocenters. The molecule has 0 aromatic heterocycles. The lowest BCUT2D eigenvalue weighted by molar-refractivity contribution is -0.472. The first kappa shape index (κ1) is 17.9. The number of hydrogen-bond acceptors (Lipinski definition) is 1. The Kier molecular flexibility index (Phi) is 5.74. The molecule has 0 aliphatic carbocycles. The molecule has 1 aromatic rings. The van der Waals surface area contributed by atoms with Gasteiger partial charge in [-0.3, -0.25) is 0 Å².